The highest BCUT2D eigenvalue weighted by Crippen LogP contribution is 2.18. The highest BCUT2D eigenvalue weighted by molar-refractivity contribution is 7.99. The molecule has 2 aromatic rings. The third-order valence-corrected chi connectivity index (χ3v) is 4.43. The average Bonchev–Trinajstić information content (AvgIpc) is 2.98. The summed E-state index contributed by atoms with van der Waals surface area (Å²) in [6.45, 7) is 3.60. The lowest BCUT2D eigenvalue weighted by molar-refractivity contribution is 0.242. The molecule has 0 N–H and O–H groups in total. The normalized spacial score (nSPS) is 15.6. The van der Waals surface area contributed by atoms with Crippen LogP contribution in [0.15, 0.2) is 35.5 Å². The van der Waals surface area contributed by atoms with Gasteiger partial charge >= 0.3 is 0 Å². The first-order chi connectivity index (χ1) is 9.93. The van der Waals surface area contributed by atoms with Crippen molar-refractivity contribution < 1.29 is 0 Å². The molecule has 1 aromatic carbocycles. The second-order valence-electron chi connectivity index (χ2n) is 4.96. The van der Waals surface area contributed by atoms with E-state index < -0.39 is 0 Å². The van der Waals surface area contributed by atoms with Gasteiger partial charge in [0, 0.05) is 12.3 Å². The van der Waals surface area contributed by atoms with Gasteiger partial charge in [-0.15, -0.1) is 17.5 Å². The summed E-state index contributed by atoms with van der Waals surface area (Å²) in [4.78, 5) is 2.53. The summed E-state index contributed by atoms with van der Waals surface area (Å²) >= 11 is 1.73. The Labute approximate surface area is 135 Å². The Kier molecular flexibility index (Phi) is 6.48. The molecule has 0 spiro atoms. The van der Waals surface area contributed by atoms with Crippen LogP contribution in [0.4, 0.5) is 0 Å². The van der Waals surface area contributed by atoms with Gasteiger partial charge in [0.25, 0.3) is 0 Å². The summed E-state index contributed by atoms with van der Waals surface area (Å²) < 4.78 is 1.81. The summed E-state index contributed by atoms with van der Waals surface area (Å²) in [6.07, 6.45) is 4.06. The van der Waals surface area contributed by atoms with E-state index in [0.717, 1.165) is 23.1 Å². The van der Waals surface area contributed by atoms with Gasteiger partial charge in [0.15, 0.2) is 0 Å². The van der Waals surface area contributed by atoms with Crippen LogP contribution >= 0.6 is 24.2 Å². The topological polar surface area (TPSA) is 46.8 Å². The number of nitrogens with zero attached hydrogens (tertiary/aromatic N) is 5. The van der Waals surface area contributed by atoms with Crippen molar-refractivity contribution in [3.05, 3.63) is 30.3 Å². The molecule has 0 radical (unpaired) electrons. The van der Waals surface area contributed by atoms with Crippen LogP contribution in [0.3, 0.4) is 0 Å². The van der Waals surface area contributed by atoms with Crippen molar-refractivity contribution in [1.29, 1.82) is 0 Å². The first-order valence-corrected chi connectivity index (χ1v) is 8.11. The van der Waals surface area contributed by atoms with Crippen molar-refractivity contribution in [1.82, 2.24) is 25.1 Å². The maximum atomic E-state index is 4.12. The Balaban J connectivity index is 0.00000161. The average molecular weight is 326 g/mol. The summed E-state index contributed by atoms with van der Waals surface area (Å²) in [7, 11) is 0. The molecule has 3 rings (SSSR count). The molecule has 1 aliphatic heterocycles. The van der Waals surface area contributed by atoms with Crippen molar-refractivity contribution in [2.75, 3.05) is 25.4 Å². The molecule has 2 heterocycles. The molecular formula is C14H20ClN5S. The third kappa shape index (κ3) is 4.43. The SMILES string of the molecule is Cl.c1ccc(-n2nnnc2SCCN2CCCCC2)cc1. The zero-order valence-corrected chi connectivity index (χ0v) is 13.5. The maximum Gasteiger partial charge on any atom is 0.214 e. The molecule has 0 amide bonds. The van der Waals surface area contributed by atoms with Gasteiger partial charge in [-0.05, 0) is 48.5 Å². The summed E-state index contributed by atoms with van der Waals surface area (Å²) in [5, 5.41) is 12.9. The number of piperidine rings is 1. The lowest BCUT2D eigenvalue weighted by Crippen LogP contribution is -2.31. The van der Waals surface area contributed by atoms with E-state index in [1.165, 1.54) is 32.4 Å². The molecule has 1 saturated heterocycles. The van der Waals surface area contributed by atoms with E-state index in [0.29, 0.717) is 0 Å². The van der Waals surface area contributed by atoms with Crippen LogP contribution in [-0.4, -0.2) is 50.5 Å². The number of halogens is 1. The van der Waals surface area contributed by atoms with Crippen LogP contribution in [0, 0.1) is 0 Å². The first-order valence-electron chi connectivity index (χ1n) is 7.12. The predicted molar refractivity (Wildman–Crippen MR) is 87.4 cm³/mol. The molecule has 0 bridgehead atoms. The number of hydrogen-bond acceptors (Lipinski definition) is 5. The largest absolute Gasteiger partial charge is 0.303 e. The zero-order valence-electron chi connectivity index (χ0n) is 11.9. The molecule has 114 valence electrons. The van der Waals surface area contributed by atoms with Crippen LogP contribution in [0.1, 0.15) is 19.3 Å². The number of benzene rings is 1. The van der Waals surface area contributed by atoms with Crippen LogP contribution in [0.25, 0.3) is 5.69 Å². The minimum Gasteiger partial charge on any atom is -0.303 e. The summed E-state index contributed by atoms with van der Waals surface area (Å²) in [6, 6.07) is 10.0. The number of hydrogen-bond donors (Lipinski definition) is 0. The quantitative estimate of drug-likeness (QED) is 0.791. The van der Waals surface area contributed by atoms with Crippen LogP contribution < -0.4 is 0 Å². The van der Waals surface area contributed by atoms with Crippen LogP contribution in [0.2, 0.25) is 0 Å². The number of thioether (sulfide) groups is 1. The molecular weight excluding hydrogens is 306 g/mol. The highest BCUT2D eigenvalue weighted by Gasteiger charge is 2.12. The lowest BCUT2D eigenvalue weighted by Gasteiger charge is -2.25. The Bertz CT molecular complexity index is 527. The maximum absolute atomic E-state index is 4.12. The Morgan fingerprint density at radius 2 is 1.81 bits per heavy atom. The van der Waals surface area contributed by atoms with Gasteiger partial charge in [-0.2, -0.15) is 4.68 Å². The van der Waals surface area contributed by atoms with Gasteiger partial charge in [-0.25, -0.2) is 0 Å². The highest BCUT2D eigenvalue weighted by atomic mass is 35.5. The lowest BCUT2D eigenvalue weighted by atomic mass is 10.1. The van der Waals surface area contributed by atoms with E-state index in [9.17, 15) is 0 Å². The van der Waals surface area contributed by atoms with Gasteiger partial charge in [0.05, 0.1) is 5.69 Å². The molecule has 0 aliphatic carbocycles. The summed E-state index contributed by atoms with van der Waals surface area (Å²) in [5.41, 5.74) is 1.01. The standard InChI is InChI=1S/C14H19N5S.ClH/c1-3-7-13(8-4-1)19-14(15-16-17-19)20-12-11-18-9-5-2-6-10-18;/h1,3-4,7-8H,2,5-6,9-12H2;1H. The first kappa shape index (κ1) is 16.3. The molecule has 7 heteroatoms. The molecule has 0 saturated carbocycles. The Morgan fingerprint density at radius 3 is 2.57 bits per heavy atom. The number of para-hydroxylation sites is 1. The van der Waals surface area contributed by atoms with Crippen molar-refractivity contribution in [3.8, 4) is 5.69 Å². The van der Waals surface area contributed by atoms with Gasteiger partial charge in [0.1, 0.15) is 0 Å². The fraction of sp³-hybridized carbons (Fsp3) is 0.500. The van der Waals surface area contributed by atoms with Crippen molar-refractivity contribution in [2.24, 2.45) is 0 Å². The van der Waals surface area contributed by atoms with E-state index in [1.807, 2.05) is 30.3 Å². The molecule has 1 aromatic heterocycles. The van der Waals surface area contributed by atoms with Crippen LogP contribution in [-0.2, 0) is 0 Å². The minimum atomic E-state index is 0. The van der Waals surface area contributed by atoms with E-state index in [-0.39, 0.29) is 12.4 Å². The number of likely N-dealkylation sites (tertiary alicyclic amines) is 1. The molecule has 21 heavy (non-hydrogen) atoms. The van der Waals surface area contributed by atoms with E-state index in [1.54, 1.807) is 16.4 Å². The molecule has 5 nitrogen and oxygen atoms in total. The van der Waals surface area contributed by atoms with Gasteiger partial charge < -0.3 is 4.90 Å². The Hall–Kier alpha value is -1.11. The van der Waals surface area contributed by atoms with Crippen molar-refractivity contribution in [3.63, 3.8) is 0 Å². The molecule has 0 unspecified atom stereocenters. The second kappa shape index (κ2) is 8.36. The minimum absolute atomic E-state index is 0. The number of tetrazole rings is 1. The second-order valence-corrected chi connectivity index (χ2v) is 6.02. The van der Waals surface area contributed by atoms with Gasteiger partial charge in [-0.3, -0.25) is 0 Å². The number of rotatable bonds is 5. The van der Waals surface area contributed by atoms with Gasteiger partial charge in [-0.1, -0.05) is 36.4 Å². The fourth-order valence-electron chi connectivity index (χ4n) is 2.45. The van der Waals surface area contributed by atoms with E-state index in [4.69, 9.17) is 0 Å². The Morgan fingerprint density at radius 1 is 1.05 bits per heavy atom. The molecule has 1 aliphatic rings. The predicted octanol–water partition coefficient (Wildman–Crippen LogP) is 2.66. The van der Waals surface area contributed by atoms with Crippen LogP contribution in [0.5, 0.6) is 0 Å². The van der Waals surface area contributed by atoms with Gasteiger partial charge in [0.2, 0.25) is 5.16 Å². The number of aromatic nitrogens is 4. The monoisotopic (exact) mass is 325 g/mol. The third-order valence-electron chi connectivity index (χ3n) is 3.53. The molecule has 1 fully saturated rings. The fourth-order valence-corrected chi connectivity index (χ4v) is 3.34. The smallest absolute Gasteiger partial charge is 0.214 e. The van der Waals surface area contributed by atoms with Crippen molar-refractivity contribution >= 4 is 24.2 Å². The zero-order chi connectivity index (χ0) is 13.6. The van der Waals surface area contributed by atoms with E-state index in [2.05, 4.69) is 20.4 Å². The van der Waals surface area contributed by atoms with Crippen molar-refractivity contribution in [2.45, 2.75) is 24.4 Å². The molecule has 0 atom stereocenters. The van der Waals surface area contributed by atoms with E-state index >= 15 is 0 Å². The summed E-state index contributed by atoms with van der Waals surface area (Å²) in [5.74, 6) is 1.03.